The van der Waals surface area contributed by atoms with Crippen molar-refractivity contribution in [3.63, 3.8) is 0 Å². The molecule has 0 aromatic carbocycles. The van der Waals surface area contributed by atoms with E-state index < -0.39 is 0 Å². The Morgan fingerprint density at radius 2 is 1.07 bits per heavy atom. The van der Waals surface area contributed by atoms with Gasteiger partial charge < -0.3 is 5.32 Å². The summed E-state index contributed by atoms with van der Waals surface area (Å²) in [5.74, 6) is 0. The van der Waals surface area contributed by atoms with Gasteiger partial charge in [-0.1, -0.05) is 62.3 Å². The Labute approximate surface area is 93.7 Å². The monoisotopic (exact) mass is 205 g/mol. The number of rotatable bonds is 2. The average molecular weight is 205 g/mol. The van der Waals surface area contributed by atoms with Crippen LogP contribution in [0.5, 0.6) is 0 Å². The first-order chi connectivity index (χ1) is 6.56. The van der Waals surface area contributed by atoms with E-state index in [1.54, 1.807) is 0 Å². The largest absolute Gasteiger partial charge is 0.320 e. The Morgan fingerprint density at radius 3 is 1.14 bits per heavy atom. The van der Waals surface area contributed by atoms with Crippen LogP contribution in [0, 0.1) is 5.41 Å². The summed E-state index contributed by atoms with van der Waals surface area (Å²) in [6, 6.07) is 0. The van der Waals surface area contributed by atoms with Gasteiger partial charge in [-0.15, -0.1) is 0 Å². The summed E-state index contributed by atoms with van der Waals surface area (Å²) >= 11 is 0. The van der Waals surface area contributed by atoms with Crippen molar-refractivity contribution in [2.24, 2.45) is 5.41 Å². The van der Waals surface area contributed by atoms with E-state index in [-0.39, 0.29) is 0 Å². The van der Waals surface area contributed by atoms with Crippen LogP contribution in [0.2, 0.25) is 0 Å². The average Bonchev–Trinajstić information content (AvgIpc) is 2.23. The third kappa shape index (κ3) is 58.4. The van der Waals surface area contributed by atoms with Gasteiger partial charge in [0.05, 0.1) is 0 Å². The topological polar surface area (TPSA) is 12.0 Å². The highest BCUT2D eigenvalue weighted by Crippen LogP contribution is 2.16. The summed E-state index contributed by atoms with van der Waals surface area (Å²) in [5, 5.41) is 3.12. The Bertz CT molecular complexity index is 52.7. The molecule has 0 amide bonds. The van der Waals surface area contributed by atoms with E-state index in [4.69, 9.17) is 0 Å². The molecule has 0 aliphatic rings. The SMILES string of the molecule is CC.CC.CC.CNCCC(C)(C)C. The molecule has 1 heteroatoms. The molecule has 0 spiro atoms. The Kier molecular flexibility index (Phi) is 39.0. The van der Waals surface area contributed by atoms with Gasteiger partial charge in [-0.3, -0.25) is 0 Å². The number of hydrogen-bond donors (Lipinski definition) is 1. The molecule has 0 aromatic heterocycles. The molecule has 0 saturated carbocycles. The molecule has 0 saturated heterocycles. The molecule has 0 rings (SSSR count). The lowest BCUT2D eigenvalue weighted by Gasteiger charge is -2.16. The summed E-state index contributed by atoms with van der Waals surface area (Å²) in [5.41, 5.74) is 0.489. The van der Waals surface area contributed by atoms with Crippen molar-refractivity contribution < 1.29 is 0 Å². The first-order valence-corrected chi connectivity index (χ1v) is 6.21. The molecule has 0 atom stereocenters. The number of nitrogens with one attached hydrogen (secondary N) is 1. The van der Waals surface area contributed by atoms with Crippen LogP contribution in [0.4, 0.5) is 0 Å². The van der Waals surface area contributed by atoms with Crippen LogP contribution >= 0.6 is 0 Å². The van der Waals surface area contributed by atoms with Gasteiger partial charge in [-0.25, -0.2) is 0 Å². The summed E-state index contributed by atoms with van der Waals surface area (Å²) in [6.45, 7) is 19.9. The highest BCUT2D eigenvalue weighted by molar-refractivity contribution is 4.61. The second kappa shape index (κ2) is 23.1. The van der Waals surface area contributed by atoms with Gasteiger partial charge in [-0.05, 0) is 25.4 Å². The fourth-order valence-corrected chi connectivity index (χ4v) is 0.500. The molecule has 0 aromatic rings. The zero-order valence-corrected chi connectivity index (χ0v) is 12.4. The van der Waals surface area contributed by atoms with Gasteiger partial charge in [0.2, 0.25) is 0 Å². The van der Waals surface area contributed by atoms with Crippen molar-refractivity contribution in [3.05, 3.63) is 0 Å². The van der Waals surface area contributed by atoms with Gasteiger partial charge in [0.25, 0.3) is 0 Å². The van der Waals surface area contributed by atoms with E-state index in [2.05, 4.69) is 26.1 Å². The summed E-state index contributed by atoms with van der Waals surface area (Å²) < 4.78 is 0. The predicted octanol–water partition coefficient (Wildman–Crippen LogP) is 4.72. The van der Waals surface area contributed by atoms with Gasteiger partial charge in [0, 0.05) is 0 Å². The highest BCUT2D eigenvalue weighted by atomic mass is 14.8. The van der Waals surface area contributed by atoms with Gasteiger partial charge in [0.1, 0.15) is 0 Å². The van der Waals surface area contributed by atoms with Crippen molar-refractivity contribution in [2.75, 3.05) is 13.6 Å². The van der Waals surface area contributed by atoms with E-state index in [1.165, 1.54) is 6.42 Å². The fourth-order valence-electron chi connectivity index (χ4n) is 0.500. The second-order valence-electron chi connectivity index (χ2n) is 3.41. The minimum atomic E-state index is 0.489. The van der Waals surface area contributed by atoms with Crippen molar-refractivity contribution >= 4 is 0 Å². The molecule has 0 bridgehead atoms. The first-order valence-electron chi connectivity index (χ1n) is 6.21. The zero-order chi connectivity index (χ0) is 12.6. The Balaban J connectivity index is -0.0000000708. The fraction of sp³-hybridized carbons (Fsp3) is 1.00. The van der Waals surface area contributed by atoms with Gasteiger partial charge >= 0.3 is 0 Å². The molecule has 0 aliphatic carbocycles. The molecule has 0 fully saturated rings. The quantitative estimate of drug-likeness (QED) is 0.688. The summed E-state index contributed by atoms with van der Waals surface area (Å²) in [6.07, 6.45) is 1.25. The first kappa shape index (κ1) is 23.6. The lowest BCUT2D eigenvalue weighted by atomic mass is 9.92. The van der Waals surface area contributed by atoms with Crippen LogP contribution in [0.3, 0.4) is 0 Å². The van der Waals surface area contributed by atoms with Crippen molar-refractivity contribution in [2.45, 2.75) is 68.7 Å². The van der Waals surface area contributed by atoms with E-state index in [0.29, 0.717) is 5.41 Å². The third-order valence-corrected chi connectivity index (χ3v) is 1.12. The molecule has 1 nitrogen and oxygen atoms in total. The van der Waals surface area contributed by atoms with Crippen LogP contribution in [0.25, 0.3) is 0 Å². The maximum Gasteiger partial charge on any atom is -0.00469 e. The second-order valence-corrected chi connectivity index (χ2v) is 3.41. The molecule has 0 radical (unpaired) electrons. The predicted molar refractivity (Wildman–Crippen MR) is 72.0 cm³/mol. The normalized spacial score (nSPS) is 8.14. The molecular weight excluding hydrogens is 170 g/mol. The maximum absolute atomic E-state index is 3.12. The van der Waals surface area contributed by atoms with Crippen LogP contribution < -0.4 is 5.32 Å². The van der Waals surface area contributed by atoms with E-state index >= 15 is 0 Å². The van der Waals surface area contributed by atoms with E-state index in [0.717, 1.165) is 6.54 Å². The molecule has 0 heterocycles. The van der Waals surface area contributed by atoms with Crippen LogP contribution in [0.15, 0.2) is 0 Å². The number of hydrogen-bond acceptors (Lipinski definition) is 1. The van der Waals surface area contributed by atoms with Gasteiger partial charge in [-0.2, -0.15) is 0 Å². The standard InChI is InChI=1S/C7H17N.3C2H6/c1-7(2,3)5-6-8-4;3*1-2/h8H,5-6H2,1-4H3;3*1-2H3. The summed E-state index contributed by atoms with van der Waals surface area (Å²) in [7, 11) is 1.99. The lowest BCUT2D eigenvalue weighted by Crippen LogP contribution is -2.16. The van der Waals surface area contributed by atoms with Crippen LogP contribution in [-0.4, -0.2) is 13.6 Å². The Morgan fingerprint density at radius 1 is 0.786 bits per heavy atom. The van der Waals surface area contributed by atoms with Crippen molar-refractivity contribution in [3.8, 4) is 0 Å². The zero-order valence-electron chi connectivity index (χ0n) is 12.4. The molecule has 14 heavy (non-hydrogen) atoms. The van der Waals surface area contributed by atoms with Crippen LogP contribution in [0.1, 0.15) is 68.7 Å². The molecule has 0 aliphatic heterocycles. The van der Waals surface area contributed by atoms with Crippen molar-refractivity contribution in [1.82, 2.24) is 5.32 Å². The highest BCUT2D eigenvalue weighted by Gasteiger charge is 2.07. The molecular formula is C13H35N. The molecule has 1 N–H and O–H groups in total. The Hall–Kier alpha value is -0.0400. The minimum absolute atomic E-state index is 0.489. The smallest absolute Gasteiger partial charge is 0.00469 e. The van der Waals surface area contributed by atoms with E-state index in [1.807, 2.05) is 48.6 Å². The van der Waals surface area contributed by atoms with Crippen LogP contribution in [-0.2, 0) is 0 Å². The maximum atomic E-state index is 3.12. The van der Waals surface area contributed by atoms with Crippen molar-refractivity contribution in [1.29, 1.82) is 0 Å². The molecule has 0 unspecified atom stereocenters. The minimum Gasteiger partial charge on any atom is -0.320 e. The molecule has 92 valence electrons. The third-order valence-electron chi connectivity index (χ3n) is 1.12. The lowest BCUT2D eigenvalue weighted by molar-refractivity contribution is 0.373. The van der Waals surface area contributed by atoms with Gasteiger partial charge in [0.15, 0.2) is 0 Å². The summed E-state index contributed by atoms with van der Waals surface area (Å²) in [4.78, 5) is 0. The van der Waals surface area contributed by atoms with E-state index in [9.17, 15) is 0 Å².